The first-order chi connectivity index (χ1) is 9.49. The smallest absolute Gasteiger partial charge is 0.128 e. The molecule has 0 aromatic heterocycles. The first kappa shape index (κ1) is 14.6. The maximum Gasteiger partial charge on any atom is 0.128 e. The minimum atomic E-state index is -0.625. The zero-order valence-electron chi connectivity index (χ0n) is 11.4. The monoisotopic (exact) mass is 279 g/mol. The van der Waals surface area contributed by atoms with E-state index < -0.39 is 11.6 Å². The lowest BCUT2D eigenvalue weighted by Gasteiger charge is -2.18. The number of halogens is 3. The van der Waals surface area contributed by atoms with Crippen LogP contribution in [0.4, 0.5) is 13.2 Å². The van der Waals surface area contributed by atoms with Gasteiger partial charge in [0, 0.05) is 17.7 Å². The summed E-state index contributed by atoms with van der Waals surface area (Å²) < 4.78 is 40.3. The Morgan fingerprint density at radius 2 is 1.65 bits per heavy atom. The van der Waals surface area contributed by atoms with Crippen molar-refractivity contribution in [1.82, 2.24) is 5.32 Å². The molecule has 1 atom stereocenters. The molecule has 106 valence electrons. The van der Waals surface area contributed by atoms with Gasteiger partial charge in [0.25, 0.3) is 0 Å². The third kappa shape index (κ3) is 3.39. The van der Waals surface area contributed by atoms with Gasteiger partial charge >= 0.3 is 0 Å². The lowest BCUT2D eigenvalue weighted by molar-refractivity contribution is 0.528. The van der Waals surface area contributed by atoms with Crippen molar-refractivity contribution in [1.29, 1.82) is 0 Å². The molecule has 0 fully saturated rings. The largest absolute Gasteiger partial charge is 0.313 e. The van der Waals surface area contributed by atoms with Gasteiger partial charge in [-0.25, -0.2) is 13.2 Å². The minimum Gasteiger partial charge on any atom is -0.313 e. The zero-order valence-corrected chi connectivity index (χ0v) is 11.4. The molecule has 0 bridgehead atoms. The summed E-state index contributed by atoms with van der Waals surface area (Å²) in [5.74, 6) is -1.58. The Hall–Kier alpha value is -1.81. The van der Waals surface area contributed by atoms with Crippen molar-refractivity contribution >= 4 is 0 Å². The SMILES string of the molecule is CNC(Cc1cc(F)cc(F)c1)c1cc(C)ccc1F. The van der Waals surface area contributed by atoms with E-state index in [-0.39, 0.29) is 11.9 Å². The number of nitrogens with one attached hydrogen (secondary N) is 1. The van der Waals surface area contributed by atoms with Crippen LogP contribution in [-0.4, -0.2) is 7.05 Å². The number of hydrogen-bond acceptors (Lipinski definition) is 1. The second-order valence-electron chi connectivity index (χ2n) is 4.85. The van der Waals surface area contributed by atoms with Gasteiger partial charge < -0.3 is 5.32 Å². The van der Waals surface area contributed by atoms with E-state index in [1.807, 2.05) is 6.92 Å². The summed E-state index contributed by atoms with van der Waals surface area (Å²) in [4.78, 5) is 0. The van der Waals surface area contributed by atoms with Crippen LogP contribution in [0.5, 0.6) is 0 Å². The van der Waals surface area contributed by atoms with E-state index in [9.17, 15) is 13.2 Å². The molecule has 0 radical (unpaired) electrons. The summed E-state index contributed by atoms with van der Waals surface area (Å²) in [7, 11) is 1.70. The third-order valence-electron chi connectivity index (χ3n) is 3.24. The summed E-state index contributed by atoms with van der Waals surface area (Å²) >= 11 is 0. The lowest BCUT2D eigenvalue weighted by atomic mass is 9.97. The van der Waals surface area contributed by atoms with E-state index in [1.54, 1.807) is 19.2 Å². The van der Waals surface area contributed by atoms with Gasteiger partial charge in [0.2, 0.25) is 0 Å². The molecule has 0 saturated carbocycles. The highest BCUT2D eigenvalue weighted by Crippen LogP contribution is 2.23. The van der Waals surface area contributed by atoms with Crippen molar-refractivity contribution in [3.05, 3.63) is 70.5 Å². The van der Waals surface area contributed by atoms with Gasteiger partial charge in [0.15, 0.2) is 0 Å². The second-order valence-corrected chi connectivity index (χ2v) is 4.85. The van der Waals surface area contributed by atoms with Gasteiger partial charge in [-0.3, -0.25) is 0 Å². The summed E-state index contributed by atoms with van der Waals surface area (Å²) in [5.41, 5.74) is 1.92. The molecule has 0 saturated heterocycles. The molecule has 1 unspecified atom stereocenters. The highest BCUT2D eigenvalue weighted by Gasteiger charge is 2.15. The first-order valence-corrected chi connectivity index (χ1v) is 6.38. The van der Waals surface area contributed by atoms with Gasteiger partial charge in [-0.15, -0.1) is 0 Å². The fourth-order valence-corrected chi connectivity index (χ4v) is 2.26. The third-order valence-corrected chi connectivity index (χ3v) is 3.24. The van der Waals surface area contributed by atoms with E-state index in [2.05, 4.69) is 5.32 Å². The molecule has 0 aliphatic rings. The Morgan fingerprint density at radius 1 is 1.00 bits per heavy atom. The number of aryl methyl sites for hydroxylation is 1. The van der Waals surface area contributed by atoms with Crippen molar-refractivity contribution in [2.24, 2.45) is 0 Å². The van der Waals surface area contributed by atoms with E-state index in [4.69, 9.17) is 0 Å². The standard InChI is InChI=1S/C16H16F3N/c1-10-3-4-15(19)14(5-10)16(20-2)8-11-6-12(17)9-13(18)7-11/h3-7,9,16,20H,8H2,1-2H3. The van der Waals surface area contributed by atoms with Gasteiger partial charge in [-0.05, 0) is 44.2 Å². The van der Waals surface area contributed by atoms with Crippen LogP contribution in [0.2, 0.25) is 0 Å². The van der Waals surface area contributed by atoms with Crippen LogP contribution in [0.1, 0.15) is 22.7 Å². The van der Waals surface area contributed by atoms with E-state index >= 15 is 0 Å². The van der Waals surface area contributed by atoms with E-state index in [1.165, 1.54) is 18.2 Å². The number of likely N-dealkylation sites (N-methyl/N-ethyl adjacent to an activating group) is 1. The van der Waals surface area contributed by atoms with Crippen LogP contribution in [0, 0.1) is 24.4 Å². The van der Waals surface area contributed by atoms with Crippen molar-refractivity contribution in [3.63, 3.8) is 0 Å². The Balaban J connectivity index is 2.31. The van der Waals surface area contributed by atoms with Gasteiger partial charge in [0.1, 0.15) is 17.5 Å². The van der Waals surface area contributed by atoms with Crippen molar-refractivity contribution < 1.29 is 13.2 Å². The Kier molecular flexibility index (Phi) is 4.45. The van der Waals surface area contributed by atoms with Crippen LogP contribution < -0.4 is 5.32 Å². The van der Waals surface area contributed by atoms with Gasteiger partial charge in [-0.2, -0.15) is 0 Å². The summed E-state index contributed by atoms with van der Waals surface area (Å²) in [6.07, 6.45) is 0.311. The Labute approximate surface area is 116 Å². The topological polar surface area (TPSA) is 12.0 Å². The van der Waals surface area contributed by atoms with Crippen molar-refractivity contribution in [2.45, 2.75) is 19.4 Å². The summed E-state index contributed by atoms with van der Waals surface area (Å²) in [6.45, 7) is 1.87. The zero-order chi connectivity index (χ0) is 14.7. The van der Waals surface area contributed by atoms with Crippen LogP contribution in [0.25, 0.3) is 0 Å². The van der Waals surface area contributed by atoms with Crippen LogP contribution in [0.15, 0.2) is 36.4 Å². The maximum absolute atomic E-state index is 13.9. The molecule has 2 aromatic carbocycles. The molecule has 4 heteroatoms. The molecular weight excluding hydrogens is 263 g/mol. The van der Waals surface area contributed by atoms with Crippen LogP contribution >= 0.6 is 0 Å². The lowest BCUT2D eigenvalue weighted by Crippen LogP contribution is -2.20. The van der Waals surface area contributed by atoms with E-state index in [0.29, 0.717) is 17.5 Å². The number of benzene rings is 2. The molecule has 1 nitrogen and oxygen atoms in total. The molecule has 0 amide bonds. The number of rotatable bonds is 4. The maximum atomic E-state index is 13.9. The van der Waals surface area contributed by atoms with Gasteiger partial charge in [-0.1, -0.05) is 17.7 Å². The molecule has 0 aliphatic carbocycles. The predicted octanol–water partition coefficient (Wildman–Crippen LogP) is 3.92. The normalized spacial score (nSPS) is 12.4. The van der Waals surface area contributed by atoms with Gasteiger partial charge in [0.05, 0.1) is 0 Å². The molecule has 20 heavy (non-hydrogen) atoms. The average molecular weight is 279 g/mol. The first-order valence-electron chi connectivity index (χ1n) is 6.38. The fourth-order valence-electron chi connectivity index (χ4n) is 2.26. The van der Waals surface area contributed by atoms with Crippen LogP contribution in [-0.2, 0) is 6.42 Å². The predicted molar refractivity (Wildman–Crippen MR) is 73.0 cm³/mol. The fraction of sp³-hybridized carbons (Fsp3) is 0.250. The second kappa shape index (κ2) is 6.09. The quantitative estimate of drug-likeness (QED) is 0.894. The average Bonchev–Trinajstić information content (AvgIpc) is 2.38. The molecular formula is C16H16F3N. The number of hydrogen-bond donors (Lipinski definition) is 1. The highest BCUT2D eigenvalue weighted by molar-refractivity contribution is 5.29. The molecule has 2 rings (SSSR count). The van der Waals surface area contributed by atoms with E-state index in [0.717, 1.165) is 11.6 Å². The highest BCUT2D eigenvalue weighted by atomic mass is 19.1. The molecule has 2 aromatic rings. The Bertz CT molecular complexity index is 590. The molecule has 1 N–H and O–H groups in total. The van der Waals surface area contributed by atoms with Crippen molar-refractivity contribution in [3.8, 4) is 0 Å². The van der Waals surface area contributed by atoms with Crippen molar-refractivity contribution in [2.75, 3.05) is 7.05 Å². The molecule has 0 aliphatic heterocycles. The minimum absolute atomic E-state index is 0.311. The summed E-state index contributed by atoms with van der Waals surface area (Å²) in [6, 6.07) is 7.85. The summed E-state index contributed by atoms with van der Waals surface area (Å²) in [5, 5.41) is 2.99. The molecule has 0 spiro atoms. The molecule has 0 heterocycles. The van der Waals surface area contributed by atoms with Crippen LogP contribution in [0.3, 0.4) is 0 Å². The Morgan fingerprint density at radius 3 is 2.25 bits per heavy atom.